The first-order valence-corrected chi connectivity index (χ1v) is 8.68. The Morgan fingerprint density at radius 2 is 1.22 bits per heavy atom. The fourth-order valence-electron chi connectivity index (χ4n) is 0.591. The second kappa shape index (κ2) is 5.65. The fourth-order valence-corrected chi connectivity index (χ4v) is 5.19. The van der Waals surface area contributed by atoms with Gasteiger partial charge < -0.3 is 0 Å². The molecule has 0 aliphatic rings. The summed E-state index contributed by atoms with van der Waals surface area (Å²) in [7, 11) is 0. The van der Waals surface area contributed by atoms with Crippen molar-refractivity contribution in [3.63, 3.8) is 0 Å². The van der Waals surface area contributed by atoms with Crippen LogP contribution in [0, 0.1) is 11.8 Å². The van der Waals surface area contributed by atoms with Gasteiger partial charge >= 0.3 is 71.0 Å². The summed E-state index contributed by atoms with van der Waals surface area (Å²) in [5.41, 5.74) is 0. The molecule has 0 N–H and O–H groups in total. The van der Waals surface area contributed by atoms with Crippen molar-refractivity contribution >= 4 is 23.2 Å². The first kappa shape index (κ1) is 9.88. The van der Waals surface area contributed by atoms with E-state index >= 15 is 0 Å². The molecule has 0 aliphatic carbocycles. The molecule has 0 amide bonds. The zero-order valence-corrected chi connectivity index (χ0v) is 10.5. The second-order valence-corrected chi connectivity index (χ2v) is 7.95. The van der Waals surface area contributed by atoms with Crippen molar-refractivity contribution in [2.24, 2.45) is 11.8 Å². The van der Waals surface area contributed by atoms with Crippen LogP contribution in [0.25, 0.3) is 0 Å². The SMILES string of the molecule is CC(C)[CH2][Bi][CH2]C(C)C. The topological polar surface area (TPSA) is 0 Å². The molecule has 0 bridgehead atoms. The quantitative estimate of drug-likeness (QED) is 0.698. The van der Waals surface area contributed by atoms with E-state index in [9.17, 15) is 0 Å². The molecule has 0 unspecified atom stereocenters. The molecule has 0 aromatic carbocycles. The Morgan fingerprint density at radius 1 is 0.889 bits per heavy atom. The molecule has 0 aromatic heterocycles. The third-order valence-corrected chi connectivity index (χ3v) is 8.67. The molecule has 0 saturated heterocycles. The van der Waals surface area contributed by atoms with Crippen molar-refractivity contribution < 1.29 is 0 Å². The maximum absolute atomic E-state index is 2.34. The Labute approximate surface area is 71.0 Å². The number of rotatable bonds is 4. The Morgan fingerprint density at radius 3 is 1.44 bits per heavy atom. The van der Waals surface area contributed by atoms with Crippen molar-refractivity contribution in [3.05, 3.63) is 0 Å². The molecule has 0 rings (SSSR count). The van der Waals surface area contributed by atoms with Gasteiger partial charge in [-0.3, -0.25) is 0 Å². The fraction of sp³-hybridized carbons (Fsp3) is 1.00. The molecule has 0 fully saturated rings. The second-order valence-electron chi connectivity index (χ2n) is 3.38. The van der Waals surface area contributed by atoms with E-state index in [-0.39, 0.29) is 23.2 Å². The third-order valence-electron chi connectivity index (χ3n) is 0.988. The Balaban J connectivity index is 2.91. The Bertz CT molecular complexity index is 49.6. The maximum atomic E-state index is 2.34. The van der Waals surface area contributed by atoms with Crippen LogP contribution in [-0.2, 0) is 0 Å². The Hall–Kier alpha value is 0.883. The van der Waals surface area contributed by atoms with Crippen LogP contribution in [0.3, 0.4) is 0 Å². The summed E-state index contributed by atoms with van der Waals surface area (Å²) in [5.74, 6) is 1.95. The first-order valence-electron chi connectivity index (χ1n) is 3.76. The molecule has 9 heavy (non-hydrogen) atoms. The van der Waals surface area contributed by atoms with E-state index in [2.05, 4.69) is 27.7 Å². The van der Waals surface area contributed by atoms with Gasteiger partial charge in [0.15, 0.2) is 0 Å². The summed E-state index contributed by atoms with van der Waals surface area (Å²) >= 11 is -0.0123. The van der Waals surface area contributed by atoms with E-state index in [1.165, 1.54) is 0 Å². The molecule has 0 aromatic rings. The van der Waals surface area contributed by atoms with Gasteiger partial charge in [0.1, 0.15) is 0 Å². The van der Waals surface area contributed by atoms with Gasteiger partial charge in [-0.2, -0.15) is 0 Å². The molecule has 0 heterocycles. The summed E-state index contributed by atoms with van der Waals surface area (Å²) < 4.78 is 3.16. The predicted molar refractivity (Wildman–Crippen MR) is 45.0 cm³/mol. The van der Waals surface area contributed by atoms with E-state index in [0.717, 1.165) is 11.8 Å². The van der Waals surface area contributed by atoms with Crippen LogP contribution >= 0.6 is 0 Å². The van der Waals surface area contributed by atoms with Crippen molar-refractivity contribution in [3.8, 4) is 0 Å². The average molecular weight is 323 g/mol. The van der Waals surface area contributed by atoms with Crippen molar-refractivity contribution in [1.29, 1.82) is 0 Å². The molecular formula is C8H18Bi. The van der Waals surface area contributed by atoms with Gasteiger partial charge in [-0.1, -0.05) is 0 Å². The first-order chi connectivity index (χ1) is 4.13. The van der Waals surface area contributed by atoms with Gasteiger partial charge in [0.25, 0.3) is 0 Å². The molecular weight excluding hydrogens is 305 g/mol. The molecule has 0 nitrogen and oxygen atoms in total. The van der Waals surface area contributed by atoms with Crippen molar-refractivity contribution in [2.45, 2.75) is 36.0 Å². The molecule has 0 aliphatic heterocycles. The van der Waals surface area contributed by atoms with Crippen LogP contribution in [0.5, 0.6) is 0 Å². The van der Waals surface area contributed by atoms with E-state index in [1.807, 2.05) is 0 Å². The molecule has 0 saturated carbocycles. The van der Waals surface area contributed by atoms with E-state index in [0.29, 0.717) is 0 Å². The molecule has 1 radical (unpaired) electrons. The monoisotopic (exact) mass is 323 g/mol. The average Bonchev–Trinajstić information content (AvgIpc) is 1.63. The normalized spacial score (nSPS) is 11.3. The van der Waals surface area contributed by atoms with Gasteiger partial charge in [-0.05, 0) is 0 Å². The number of hydrogen-bond donors (Lipinski definition) is 0. The van der Waals surface area contributed by atoms with E-state index < -0.39 is 0 Å². The van der Waals surface area contributed by atoms with Gasteiger partial charge in [0.05, 0.1) is 0 Å². The molecule has 0 atom stereocenters. The van der Waals surface area contributed by atoms with Crippen LogP contribution in [0.15, 0.2) is 0 Å². The minimum absolute atomic E-state index is 0.0123. The summed E-state index contributed by atoms with van der Waals surface area (Å²) in [6.07, 6.45) is 0. The summed E-state index contributed by atoms with van der Waals surface area (Å²) in [4.78, 5) is 0. The summed E-state index contributed by atoms with van der Waals surface area (Å²) in [6, 6.07) is 0. The standard InChI is InChI=1S/2C4H9.Bi/c2*1-4(2)3;/h2*4H,1H2,2-3H3;. The van der Waals surface area contributed by atoms with Crippen LogP contribution < -0.4 is 0 Å². The molecule has 0 spiro atoms. The van der Waals surface area contributed by atoms with Gasteiger partial charge in [-0.25, -0.2) is 0 Å². The zero-order chi connectivity index (χ0) is 7.28. The van der Waals surface area contributed by atoms with Crippen LogP contribution in [-0.4, -0.2) is 23.2 Å². The van der Waals surface area contributed by atoms with Crippen LogP contribution in [0.2, 0.25) is 8.26 Å². The van der Waals surface area contributed by atoms with Crippen LogP contribution in [0.1, 0.15) is 27.7 Å². The molecule has 1 heteroatoms. The summed E-state index contributed by atoms with van der Waals surface area (Å²) in [5, 5.41) is 0. The third kappa shape index (κ3) is 8.88. The van der Waals surface area contributed by atoms with E-state index in [1.54, 1.807) is 8.26 Å². The van der Waals surface area contributed by atoms with Gasteiger partial charge in [0.2, 0.25) is 0 Å². The van der Waals surface area contributed by atoms with Crippen molar-refractivity contribution in [1.82, 2.24) is 0 Å². The number of hydrogen-bond acceptors (Lipinski definition) is 0. The Kier molecular flexibility index (Phi) is 6.21. The van der Waals surface area contributed by atoms with Crippen LogP contribution in [0.4, 0.5) is 0 Å². The zero-order valence-electron chi connectivity index (χ0n) is 7.02. The van der Waals surface area contributed by atoms with Crippen molar-refractivity contribution in [2.75, 3.05) is 0 Å². The minimum atomic E-state index is -0.0123. The summed E-state index contributed by atoms with van der Waals surface area (Å²) in [6.45, 7) is 9.35. The van der Waals surface area contributed by atoms with Gasteiger partial charge in [-0.15, -0.1) is 0 Å². The van der Waals surface area contributed by atoms with Gasteiger partial charge in [0, 0.05) is 0 Å². The predicted octanol–water partition coefficient (Wildman–Crippen LogP) is 2.84. The van der Waals surface area contributed by atoms with E-state index in [4.69, 9.17) is 0 Å². The molecule has 55 valence electrons.